The van der Waals surface area contributed by atoms with Crippen LogP contribution in [0.3, 0.4) is 0 Å². The van der Waals surface area contributed by atoms with E-state index in [0.29, 0.717) is 29.8 Å². The van der Waals surface area contributed by atoms with E-state index in [2.05, 4.69) is 0 Å². The van der Waals surface area contributed by atoms with E-state index in [9.17, 15) is 18.0 Å². The van der Waals surface area contributed by atoms with Gasteiger partial charge in [-0.15, -0.1) is 0 Å². The molecular formula is C21H26Cl2N2O5S. The number of hydrogen-bond acceptors (Lipinski definition) is 5. The monoisotopic (exact) mass is 488 g/mol. The molecular weight excluding hydrogens is 463 g/mol. The van der Waals surface area contributed by atoms with Crippen molar-refractivity contribution >= 4 is 45.0 Å². The average molecular weight is 489 g/mol. The second-order valence-corrected chi connectivity index (χ2v) is 9.76. The highest BCUT2D eigenvalue weighted by Gasteiger charge is 2.32. The third-order valence-electron chi connectivity index (χ3n) is 5.04. The highest BCUT2D eigenvalue weighted by atomic mass is 35.5. The minimum Gasteiger partial charge on any atom is -0.464 e. The fourth-order valence-electron chi connectivity index (χ4n) is 3.65. The number of Topliss-reactive ketones (excluding diaryl/α,β-unsaturated/α-hetero) is 1. The fraction of sp³-hybridized carbons (Fsp3) is 0.429. The van der Waals surface area contributed by atoms with Gasteiger partial charge in [0.15, 0.2) is 5.78 Å². The Labute approximate surface area is 192 Å². The normalized spacial score (nSPS) is 11.7. The molecule has 0 radical (unpaired) electrons. The van der Waals surface area contributed by atoms with Gasteiger partial charge in [-0.2, -0.15) is 4.31 Å². The van der Waals surface area contributed by atoms with Gasteiger partial charge in [0, 0.05) is 29.4 Å². The Bertz CT molecular complexity index is 1110. The summed E-state index contributed by atoms with van der Waals surface area (Å²) in [6.45, 7) is 7.23. The molecule has 1 aromatic heterocycles. The zero-order valence-corrected chi connectivity index (χ0v) is 20.5. The summed E-state index contributed by atoms with van der Waals surface area (Å²) in [5, 5.41) is 0.246. The van der Waals surface area contributed by atoms with Crippen molar-refractivity contribution in [2.24, 2.45) is 0 Å². The quantitative estimate of drug-likeness (QED) is 0.383. The van der Waals surface area contributed by atoms with Crippen LogP contribution < -0.4 is 0 Å². The molecule has 0 aliphatic carbocycles. The molecule has 1 heterocycles. The Morgan fingerprint density at radius 3 is 2.35 bits per heavy atom. The minimum atomic E-state index is -4.08. The van der Waals surface area contributed by atoms with E-state index in [4.69, 9.17) is 27.9 Å². The molecule has 2 aromatic rings. The molecule has 0 N–H and O–H groups in total. The summed E-state index contributed by atoms with van der Waals surface area (Å²) in [5.41, 5.74) is 1.65. The number of aromatic nitrogens is 1. The number of methoxy groups -OCH3 is 1. The second kappa shape index (κ2) is 10.2. The lowest BCUT2D eigenvalue weighted by molar-refractivity contribution is 0.0587. The number of halogens is 2. The maximum atomic E-state index is 13.3. The van der Waals surface area contributed by atoms with Crippen LogP contribution in [0.25, 0.3) is 0 Å². The molecule has 0 spiro atoms. The molecule has 0 saturated carbocycles. The number of sulfonamides is 1. The molecule has 0 saturated heterocycles. The Hall–Kier alpha value is -1.87. The maximum Gasteiger partial charge on any atom is 0.354 e. The molecule has 0 atom stereocenters. The number of ether oxygens (including phenoxy) is 1. The number of hydrogen-bond donors (Lipinski definition) is 0. The lowest BCUT2D eigenvalue weighted by Gasteiger charge is -2.22. The lowest BCUT2D eigenvalue weighted by atomic mass is 10.1. The molecule has 0 fully saturated rings. The van der Waals surface area contributed by atoms with Crippen LogP contribution in [0.5, 0.6) is 0 Å². The van der Waals surface area contributed by atoms with E-state index >= 15 is 0 Å². The van der Waals surface area contributed by atoms with Crippen LogP contribution in [0.4, 0.5) is 0 Å². The van der Waals surface area contributed by atoms with Gasteiger partial charge in [-0.05, 0) is 51.0 Å². The predicted octanol–water partition coefficient (Wildman–Crippen LogP) is 4.50. The molecule has 2 rings (SSSR count). The van der Waals surface area contributed by atoms with Crippen LogP contribution in [0.15, 0.2) is 23.1 Å². The summed E-state index contributed by atoms with van der Waals surface area (Å²) in [4.78, 5) is 25.4. The van der Waals surface area contributed by atoms with Gasteiger partial charge in [0.2, 0.25) is 10.0 Å². The van der Waals surface area contributed by atoms with E-state index in [-0.39, 0.29) is 27.2 Å². The summed E-state index contributed by atoms with van der Waals surface area (Å²) in [7, 11) is -2.80. The number of rotatable bonds is 9. The first kappa shape index (κ1) is 25.4. The SMILES string of the molecule is CCCN(CC(=O)c1c(C)c(C(=O)OC)n(CC)c1C)S(=O)(=O)c1cc(Cl)ccc1Cl. The van der Waals surface area contributed by atoms with E-state index < -0.39 is 28.3 Å². The fourth-order valence-corrected chi connectivity index (χ4v) is 5.87. The Morgan fingerprint density at radius 2 is 1.81 bits per heavy atom. The van der Waals surface area contributed by atoms with Crippen molar-refractivity contribution in [1.29, 1.82) is 0 Å². The largest absolute Gasteiger partial charge is 0.464 e. The molecule has 31 heavy (non-hydrogen) atoms. The van der Waals surface area contributed by atoms with Crippen LogP contribution in [0, 0.1) is 13.8 Å². The summed E-state index contributed by atoms with van der Waals surface area (Å²) >= 11 is 12.1. The summed E-state index contributed by atoms with van der Waals surface area (Å²) in [5.74, 6) is -0.965. The van der Waals surface area contributed by atoms with Gasteiger partial charge in [-0.3, -0.25) is 4.79 Å². The van der Waals surface area contributed by atoms with E-state index in [1.54, 1.807) is 18.4 Å². The summed E-state index contributed by atoms with van der Waals surface area (Å²) in [6, 6.07) is 4.17. The van der Waals surface area contributed by atoms with Gasteiger partial charge in [0.05, 0.1) is 18.7 Å². The molecule has 0 aliphatic rings. The average Bonchev–Trinajstić information content (AvgIpc) is 2.98. The van der Waals surface area contributed by atoms with Crippen LogP contribution in [-0.2, 0) is 21.3 Å². The zero-order valence-electron chi connectivity index (χ0n) is 18.2. The number of esters is 1. The summed E-state index contributed by atoms with van der Waals surface area (Å²) < 4.78 is 34.2. The Kier molecular flexibility index (Phi) is 8.33. The molecule has 10 heteroatoms. The van der Waals surface area contributed by atoms with E-state index in [0.717, 1.165) is 4.31 Å². The van der Waals surface area contributed by atoms with Crippen molar-refractivity contribution in [2.45, 2.75) is 45.6 Å². The molecule has 0 bridgehead atoms. The summed E-state index contributed by atoms with van der Waals surface area (Å²) in [6.07, 6.45) is 0.492. The second-order valence-electron chi connectivity index (χ2n) is 7.01. The Morgan fingerprint density at radius 1 is 1.16 bits per heavy atom. The smallest absolute Gasteiger partial charge is 0.354 e. The maximum absolute atomic E-state index is 13.3. The zero-order chi connectivity index (χ0) is 23.5. The van der Waals surface area contributed by atoms with Crippen molar-refractivity contribution in [2.75, 3.05) is 20.2 Å². The number of carbonyl (C=O) groups is 2. The van der Waals surface area contributed by atoms with Gasteiger partial charge in [0.25, 0.3) is 0 Å². The Balaban J connectivity index is 2.52. The van der Waals surface area contributed by atoms with E-state index in [1.165, 1.54) is 25.3 Å². The highest BCUT2D eigenvalue weighted by molar-refractivity contribution is 7.89. The van der Waals surface area contributed by atoms with Gasteiger partial charge in [-0.25, -0.2) is 13.2 Å². The van der Waals surface area contributed by atoms with Gasteiger partial charge in [0.1, 0.15) is 10.6 Å². The third-order valence-corrected chi connectivity index (χ3v) is 7.61. The van der Waals surface area contributed by atoms with Crippen molar-refractivity contribution in [3.8, 4) is 0 Å². The van der Waals surface area contributed by atoms with Gasteiger partial charge >= 0.3 is 5.97 Å². The molecule has 7 nitrogen and oxygen atoms in total. The molecule has 0 aliphatic heterocycles. The number of ketones is 1. The number of carbonyl (C=O) groups excluding carboxylic acids is 2. The lowest BCUT2D eigenvalue weighted by Crippen LogP contribution is -2.36. The van der Waals surface area contributed by atoms with Gasteiger partial charge in [-0.1, -0.05) is 30.1 Å². The van der Waals surface area contributed by atoms with Crippen molar-refractivity contribution in [3.05, 3.63) is 50.8 Å². The standard InChI is InChI=1S/C21H26Cl2N2O5S/c1-6-10-24(31(28,29)18-11-15(22)8-9-16(18)23)12-17(26)19-13(3)20(21(27)30-5)25(7-2)14(19)4/h8-9,11H,6-7,10,12H2,1-5H3. The van der Waals surface area contributed by atoms with Crippen molar-refractivity contribution in [3.63, 3.8) is 0 Å². The van der Waals surface area contributed by atoms with E-state index in [1.807, 2.05) is 13.8 Å². The molecule has 0 amide bonds. The topological polar surface area (TPSA) is 85.7 Å². The van der Waals surface area contributed by atoms with Gasteiger partial charge < -0.3 is 9.30 Å². The predicted molar refractivity (Wildman–Crippen MR) is 121 cm³/mol. The van der Waals surface area contributed by atoms with Crippen LogP contribution >= 0.6 is 23.2 Å². The molecule has 170 valence electrons. The highest BCUT2D eigenvalue weighted by Crippen LogP contribution is 2.29. The number of benzene rings is 1. The first-order valence-electron chi connectivity index (χ1n) is 9.77. The number of nitrogens with zero attached hydrogens (tertiary/aromatic N) is 2. The van der Waals surface area contributed by atoms with Crippen molar-refractivity contribution in [1.82, 2.24) is 8.87 Å². The molecule has 0 unspecified atom stereocenters. The third kappa shape index (κ3) is 4.98. The van der Waals surface area contributed by atoms with Crippen LogP contribution in [-0.4, -0.2) is 49.2 Å². The van der Waals surface area contributed by atoms with Crippen LogP contribution in [0.1, 0.15) is 52.4 Å². The van der Waals surface area contributed by atoms with Crippen LogP contribution in [0.2, 0.25) is 10.0 Å². The first-order valence-corrected chi connectivity index (χ1v) is 12.0. The van der Waals surface area contributed by atoms with Crippen molar-refractivity contribution < 1.29 is 22.7 Å². The minimum absolute atomic E-state index is 0.0235. The molecule has 1 aromatic carbocycles. The first-order chi connectivity index (χ1) is 14.5.